The molecule has 2 aromatic rings. The highest BCUT2D eigenvalue weighted by Gasteiger charge is 2.08. The summed E-state index contributed by atoms with van der Waals surface area (Å²) in [6, 6.07) is 16.6. The molecular formula is C15H14NO. The van der Waals surface area contributed by atoms with Crippen LogP contribution in [0.5, 0.6) is 0 Å². The summed E-state index contributed by atoms with van der Waals surface area (Å²) in [4.78, 5) is 11.6. The molecule has 85 valence electrons. The van der Waals surface area contributed by atoms with E-state index in [0.717, 1.165) is 22.3 Å². The minimum absolute atomic E-state index is 0.0622. The largest absolute Gasteiger partial charge is 0.326 e. The average molecular weight is 224 g/mol. The van der Waals surface area contributed by atoms with Crippen molar-refractivity contribution < 1.29 is 4.79 Å². The number of rotatable bonds is 3. The van der Waals surface area contributed by atoms with Gasteiger partial charge in [0.1, 0.15) is 0 Å². The van der Waals surface area contributed by atoms with E-state index in [9.17, 15) is 4.79 Å². The van der Waals surface area contributed by atoms with Crippen LogP contribution in [0.2, 0.25) is 0 Å². The normalized spacial score (nSPS) is 10.2. The van der Waals surface area contributed by atoms with E-state index in [1.54, 1.807) is 6.92 Å². The Bertz CT molecular complexity index is 546. The summed E-state index contributed by atoms with van der Waals surface area (Å²) in [5.74, 6) is 0.0622. The van der Waals surface area contributed by atoms with Gasteiger partial charge in [-0.05, 0) is 29.7 Å². The van der Waals surface area contributed by atoms with E-state index in [1.807, 2.05) is 42.5 Å². The molecule has 0 saturated heterocycles. The number of Topliss-reactive ketones (excluding diaryl/α,β-unsaturated/α-hetero) is 1. The summed E-state index contributed by atoms with van der Waals surface area (Å²) >= 11 is 0. The molecule has 2 heteroatoms. The van der Waals surface area contributed by atoms with Crippen LogP contribution in [0.4, 0.5) is 0 Å². The lowest BCUT2D eigenvalue weighted by atomic mass is 9.96. The molecule has 0 atom stereocenters. The van der Waals surface area contributed by atoms with Crippen molar-refractivity contribution >= 4 is 5.78 Å². The van der Waals surface area contributed by atoms with Gasteiger partial charge in [-0.1, -0.05) is 42.5 Å². The minimum Gasteiger partial charge on any atom is -0.326 e. The first-order valence-electron chi connectivity index (χ1n) is 5.54. The van der Waals surface area contributed by atoms with Gasteiger partial charge in [0.25, 0.3) is 0 Å². The number of hydrogen-bond acceptors (Lipinski definition) is 2. The van der Waals surface area contributed by atoms with Crippen LogP contribution in [0.25, 0.3) is 11.1 Å². The molecule has 0 amide bonds. The van der Waals surface area contributed by atoms with Gasteiger partial charge in [0.05, 0.1) is 0 Å². The Morgan fingerprint density at radius 3 is 2.65 bits per heavy atom. The van der Waals surface area contributed by atoms with E-state index in [2.05, 4.69) is 6.07 Å². The maximum atomic E-state index is 11.6. The van der Waals surface area contributed by atoms with Crippen molar-refractivity contribution in [2.75, 3.05) is 0 Å². The standard InChI is InChI=1S/C15H14NO/c1-11(17)14-7-2-3-8-15(14)13-6-4-5-12(9-13)10-16/h2-8H,10,16H2,1H3. The molecule has 0 bridgehead atoms. The van der Waals surface area contributed by atoms with Crippen LogP contribution in [0.15, 0.2) is 42.5 Å². The zero-order valence-electron chi connectivity index (χ0n) is 9.73. The highest BCUT2D eigenvalue weighted by atomic mass is 16.1. The van der Waals surface area contributed by atoms with E-state index in [1.165, 1.54) is 0 Å². The van der Waals surface area contributed by atoms with Gasteiger partial charge in [-0.3, -0.25) is 4.79 Å². The molecule has 0 aromatic heterocycles. The molecule has 0 saturated carbocycles. The van der Waals surface area contributed by atoms with Crippen molar-refractivity contribution in [3.05, 3.63) is 59.7 Å². The molecule has 0 aliphatic heterocycles. The second-order valence-electron chi connectivity index (χ2n) is 3.90. The lowest BCUT2D eigenvalue weighted by molar-refractivity contribution is 0.101. The first-order valence-corrected chi connectivity index (χ1v) is 5.54. The number of ketones is 1. The fraction of sp³-hybridized carbons (Fsp3) is 0.133. The van der Waals surface area contributed by atoms with Gasteiger partial charge in [-0.2, -0.15) is 0 Å². The second-order valence-corrected chi connectivity index (χ2v) is 3.90. The Kier molecular flexibility index (Phi) is 3.35. The van der Waals surface area contributed by atoms with Crippen LogP contribution in [-0.4, -0.2) is 5.78 Å². The molecule has 0 aliphatic carbocycles. The van der Waals surface area contributed by atoms with Crippen LogP contribution >= 0.6 is 0 Å². The summed E-state index contributed by atoms with van der Waals surface area (Å²) in [6.45, 7) is 2.03. The van der Waals surface area contributed by atoms with Crippen LogP contribution < -0.4 is 5.73 Å². The van der Waals surface area contributed by atoms with Gasteiger partial charge in [0, 0.05) is 12.1 Å². The summed E-state index contributed by atoms with van der Waals surface area (Å²) in [5, 5.41) is 0. The van der Waals surface area contributed by atoms with E-state index in [-0.39, 0.29) is 5.78 Å². The highest BCUT2D eigenvalue weighted by Crippen LogP contribution is 2.24. The maximum Gasteiger partial charge on any atom is 0.160 e. The fourth-order valence-electron chi connectivity index (χ4n) is 1.82. The zero-order valence-corrected chi connectivity index (χ0v) is 9.73. The Morgan fingerprint density at radius 1 is 1.18 bits per heavy atom. The quantitative estimate of drug-likeness (QED) is 0.815. The van der Waals surface area contributed by atoms with Crippen LogP contribution in [-0.2, 0) is 6.54 Å². The molecule has 2 nitrogen and oxygen atoms in total. The summed E-state index contributed by atoms with van der Waals surface area (Å²) < 4.78 is 0. The predicted molar refractivity (Wildman–Crippen MR) is 68.6 cm³/mol. The first-order chi connectivity index (χ1) is 8.22. The summed E-state index contributed by atoms with van der Waals surface area (Å²) in [6.07, 6.45) is 0. The van der Waals surface area contributed by atoms with E-state index < -0.39 is 0 Å². The van der Waals surface area contributed by atoms with E-state index >= 15 is 0 Å². The van der Waals surface area contributed by atoms with Crippen molar-refractivity contribution in [3.63, 3.8) is 0 Å². The fourth-order valence-corrected chi connectivity index (χ4v) is 1.82. The third-order valence-electron chi connectivity index (χ3n) is 2.67. The number of benzene rings is 2. The molecule has 0 spiro atoms. The van der Waals surface area contributed by atoms with E-state index in [0.29, 0.717) is 6.54 Å². The van der Waals surface area contributed by atoms with Crippen LogP contribution in [0.1, 0.15) is 22.8 Å². The van der Waals surface area contributed by atoms with Gasteiger partial charge < -0.3 is 5.73 Å². The number of carbonyl (C=O) groups excluding carboxylic acids is 1. The molecule has 0 heterocycles. The topological polar surface area (TPSA) is 43.1 Å². The van der Waals surface area contributed by atoms with Gasteiger partial charge in [0.15, 0.2) is 5.78 Å². The second kappa shape index (κ2) is 4.93. The average Bonchev–Trinajstić information content (AvgIpc) is 2.39. The SMILES string of the molecule is CC(=O)c1ccccc1-c1[c]c(CN)ccc1. The van der Waals surface area contributed by atoms with Crippen molar-refractivity contribution in [2.24, 2.45) is 5.73 Å². The Hall–Kier alpha value is -1.93. The lowest BCUT2D eigenvalue weighted by Gasteiger charge is -2.07. The van der Waals surface area contributed by atoms with E-state index in [4.69, 9.17) is 5.73 Å². The van der Waals surface area contributed by atoms with Crippen molar-refractivity contribution in [1.29, 1.82) is 0 Å². The summed E-state index contributed by atoms with van der Waals surface area (Å²) in [5.41, 5.74) is 9.09. The molecule has 2 rings (SSSR count). The van der Waals surface area contributed by atoms with Crippen LogP contribution in [0.3, 0.4) is 0 Å². The minimum atomic E-state index is 0.0622. The van der Waals surface area contributed by atoms with Crippen molar-refractivity contribution in [3.8, 4) is 11.1 Å². The smallest absolute Gasteiger partial charge is 0.160 e. The molecule has 1 radical (unpaired) electrons. The third-order valence-corrected chi connectivity index (χ3v) is 2.67. The number of nitrogens with two attached hydrogens (primary N) is 1. The van der Waals surface area contributed by atoms with Gasteiger partial charge in [0.2, 0.25) is 0 Å². The molecule has 0 aliphatic rings. The Balaban J connectivity index is 2.56. The highest BCUT2D eigenvalue weighted by molar-refractivity contribution is 6.00. The molecule has 2 N–H and O–H groups in total. The molecule has 0 unspecified atom stereocenters. The van der Waals surface area contributed by atoms with Crippen molar-refractivity contribution in [1.82, 2.24) is 0 Å². The van der Waals surface area contributed by atoms with Gasteiger partial charge in [-0.15, -0.1) is 0 Å². The Labute approximate surface area is 101 Å². The Morgan fingerprint density at radius 2 is 1.94 bits per heavy atom. The van der Waals surface area contributed by atoms with Gasteiger partial charge >= 0.3 is 0 Å². The maximum absolute atomic E-state index is 11.6. The number of carbonyl (C=O) groups is 1. The summed E-state index contributed by atoms with van der Waals surface area (Å²) in [7, 11) is 0. The molecular weight excluding hydrogens is 210 g/mol. The molecule has 0 fully saturated rings. The predicted octanol–water partition coefficient (Wildman–Crippen LogP) is 2.82. The molecule has 2 aromatic carbocycles. The van der Waals surface area contributed by atoms with Crippen molar-refractivity contribution in [2.45, 2.75) is 13.5 Å². The zero-order chi connectivity index (χ0) is 12.3. The number of hydrogen-bond donors (Lipinski definition) is 1. The third kappa shape index (κ3) is 2.43. The first kappa shape index (κ1) is 11.6. The van der Waals surface area contributed by atoms with Gasteiger partial charge in [-0.25, -0.2) is 0 Å². The van der Waals surface area contributed by atoms with Crippen LogP contribution in [0, 0.1) is 6.07 Å². The lowest BCUT2D eigenvalue weighted by Crippen LogP contribution is -1.98. The molecule has 17 heavy (non-hydrogen) atoms. The monoisotopic (exact) mass is 224 g/mol.